The second-order valence-corrected chi connectivity index (χ2v) is 11.6. The van der Waals surface area contributed by atoms with Gasteiger partial charge in [-0.05, 0) is 48.6 Å². The molecule has 1 aromatic heterocycles. The Hall–Kier alpha value is -2.91. The number of imide groups is 1. The van der Waals surface area contributed by atoms with Crippen molar-refractivity contribution in [1.82, 2.24) is 20.1 Å². The molecule has 220 valence electrons. The van der Waals surface area contributed by atoms with E-state index in [1.807, 2.05) is 30.5 Å². The SMILES string of the molecule is O=C(CCCC(C(=O)[O-])N1C(=O)c2ccccc2C1=O)N[C@@H]1C(=O)N2C(C(=O)[O-])=C(Cc3c[nH]c4ccccc34)CS[C@@H]12.[Na+].[Na+]. The number of carboxylic acids is 2. The number of thioether (sulfide) groups is 1. The Morgan fingerprint density at radius 3 is 2.27 bits per heavy atom. The molecule has 0 aliphatic carbocycles. The van der Waals surface area contributed by atoms with Gasteiger partial charge in [0.1, 0.15) is 11.4 Å². The molecular weight excluding hydrogens is 622 g/mol. The van der Waals surface area contributed by atoms with Crippen molar-refractivity contribution in [2.45, 2.75) is 43.1 Å². The number of fused-ring (bicyclic) bond motifs is 3. The van der Waals surface area contributed by atoms with Crippen LogP contribution in [0.4, 0.5) is 0 Å². The molecule has 2 N–H and O–H groups in total. The number of aromatic amines is 1. The molecule has 3 aliphatic heterocycles. The molecule has 0 saturated carbocycles. The van der Waals surface area contributed by atoms with Gasteiger partial charge in [-0.25, -0.2) is 0 Å². The molecular formula is C30H24N4Na2O8S. The molecule has 3 aromatic rings. The first kappa shape index (κ1) is 35.0. The Morgan fingerprint density at radius 2 is 1.62 bits per heavy atom. The summed E-state index contributed by atoms with van der Waals surface area (Å²) in [5.74, 6) is -5.40. The van der Waals surface area contributed by atoms with Gasteiger partial charge < -0.3 is 30.1 Å². The Bertz CT molecular complexity index is 1720. The summed E-state index contributed by atoms with van der Waals surface area (Å²) >= 11 is 1.33. The second kappa shape index (κ2) is 14.2. The smallest absolute Gasteiger partial charge is 0.548 e. The fourth-order valence-electron chi connectivity index (χ4n) is 5.86. The van der Waals surface area contributed by atoms with Gasteiger partial charge in [0.05, 0.1) is 34.8 Å². The molecule has 0 spiro atoms. The number of hydrogen-bond donors (Lipinski definition) is 2. The van der Waals surface area contributed by atoms with Crippen LogP contribution in [0, 0.1) is 0 Å². The minimum atomic E-state index is -1.62. The van der Waals surface area contributed by atoms with Crippen LogP contribution in [0.15, 0.2) is 66.0 Å². The Kier molecular flexibility index (Phi) is 11.1. The first-order valence-electron chi connectivity index (χ1n) is 13.6. The van der Waals surface area contributed by atoms with Gasteiger partial charge in [-0.1, -0.05) is 30.3 Å². The van der Waals surface area contributed by atoms with Crippen molar-refractivity contribution in [1.29, 1.82) is 0 Å². The third-order valence-corrected chi connectivity index (χ3v) is 9.27. The first-order chi connectivity index (χ1) is 20.7. The van der Waals surface area contributed by atoms with Crippen LogP contribution < -0.4 is 74.6 Å². The van der Waals surface area contributed by atoms with Crippen LogP contribution >= 0.6 is 11.8 Å². The molecule has 4 heterocycles. The van der Waals surface area contributed by atoms with E-state index in [-0.39, 0.29) is 95.2 Å². The number of aliphatic carboxylic acids is 2. The minimum absolute atomic E-state index is 0. The number of carbonyl (C=O) groups excluding carboxylic acids is 6. The molecule has 4 amide bonds. The van der Waals surface area contributed by atoms with E-state index in [1.165, 1.54) is 23.9 Å². The van der Waals surface area contributed by atoms with Crippen LogP contribution in [-0.4, -0.2) is 73.6 Å². The van der Waals surface area contributed by atoms with E-state index in [2.05, 4.69) is 10.3 Å². The molecule has 6 rings (SSSR count). The largest absolute Gasteiger partial charge is 1.00 e. The van der Waals surface area contributed by atoms with Crippen molar-refractivity contribution < 1.29 is 98.1 Å². The quantitative estimate of drug-likeness (QED) is 0.123. The van der Waals surface area contributed by atoms with Gasteiger partial charge in [-0.2, -0.15) is 0 Å². The summed E-state index contributed by atoms with van der Waals surface area (Å²) in [7, 11) is 0. The summed E-state index contributed by atoms with van der Waals surface area (Å²) < 4.78 is 0. The van der Waals surface area contributed by atoms with Crippen molar-refractivity contribution in [2.75, 3.05) is 5.75 Å². The molecule has 3 aliphatic rings. The predicted octanol–water partition coefficient (Wildman–Crippen LogP) is -6.29. The van der Waals surface area contributed by atoms with Gasteiger partial charge in [0.15, 0.2) is 0 Å². The zero-order valence-corrected chi connectivity index (χ0v) is 29.3. The standard InChI is InChI=1S/C30H26N4O8S.2Na/c35-22(11-5-10-21(29(39)40)33-25(36)18-7-1-2-8-19(18)26(33)37)32-23-27(38)34-24(30(41)42)16(14-43-28(23)34)12-15-13-31-20-9-4-3-6-17(15)20;;/h1-4,6-9,13,21,23,28,31H,5,10-12,14H2,(H,32,35)(H,39,40)(H,41,42);;/q;2*+1/p-2/t21?,23-,28+;;/m1../s1. The van der Waals surface area contributed by atoms with E-state index < -0.39 is 53.0 Å². The van der Waals surface area contributed by atoms with E-state index in [1.54, 1.807) is 12.1 Å². The van der Waals surface area contributed by atoms with Gasteiger partial charge in [0.2, 0.25) is 5.91 Å². The molecule has 1 fully saturated rings. The molecule has 0 radical (unpaired) electrons. The number of hydrogen-bond acceptors (Lipinski definition) is 9. The zero-order chi connectivity index (χ0) is 30.4. The average molecular weight is 647 g/mol. The van der Waals surface area contributed by atoms with E-state index in [4.69, 9.17) is 0 Å². The van der Waals surface area contributed by atoms with Crippen molar-refractivity contribution in [3.05, 3.63) is 82.7 Å². The van der Waals surface area contributed by atoms with Crippen LogP contribution in [0.2, 0.25) is 0 Å². The van der Waals surface area contributed by atoms with Crippen LogP contribution in [0.3, 0.4) is 0 Å². The number of benzene rings is 2. The summed E-state index contributed by atoms with van der Waals surface area (Å²) in [5, 5.41) is 26.9. The number of rotatable bonds is 10. The fourth-order valence-corrected chi connectivity index (χ4v) is 7.21. The second-order valence-electron chi connectivity index (χ2n) is 10.5. The minimum Gasteiger partial charge on any atom is -0.548 e. The number of nitrogens with one attached hydrogen (secondary N) is 2. The number of β-lactam (4-membered cyclic amide) rings is 1. The van der Waals surface area contributed by atoms with Crippen molar-refractivity contribution in [3.63, 3.8) is 0 Å². The van der Waals surface area contributed by atoms with Gasteiger partial charge in [0.25, 0.3) is 17.7 Å². The van der Waals surface area contributed by atoms with Crippen molar-refractivity contribution in [2.24, 2.45) is 0 Å². The molecule has 15 heteroatoms. The number of carboxylic acid groups (broad SMARTS) is 2. The van der Waals surface area contributed by atoms with E-state index in [9.17, 15) is 39.0 Å². The van der Waals surface area contributed by atoms with Crippen LogP contribution in [0.1, 0.15) is 45.5 Å². The van der Waals surface area contributed by atoms with Crippen molar-refractivity contribution >= 4 is 58.2 Å². The van der Waals surface area contributed by atoms with E-state index >= 15 is 0 Å². The molecule has 3 atom stereocenters. The van der Waals surface area contributed by atoms with Crippen LogP contribution in [0.25, 0.3) is 10.9 Å². The molecule has 1 unspecified atom stereocenters. The molecule has 12 nitrogen and oxygen atoms in total. The number of H-pyrrole nitrogens is 1. The predicted molar refractivity (Wildman–Crippen MR) is 149 cm³/mol. The maximum absolute atomic E-state index is 13.0. The van der Waals surface area contributed by atoms with Crippen molar-refractivity contribution in [3.8, 4) is 0 Å². The fraction of sp³-hybridized carbons (Fsp3) is 0.267. The summed E-state index contributed by atoms with van der Waals surface area (Å²) in [4.78, 5) is 80.1. The summed E-state index contributed by atoms with van der Waals surface area (Å²) in [6.07, 6.45) is 1.68. The van der Waals surface area contributed by atoms with Crippen LogP contribution in [-0.2, 0) is 25.6 Å². The molecule has 2 aromatic carbocycles. The number of aromatic nitrogens is 1. The Morgan fingerprint density at radius 1 is 0.978 bits per heavy atom. The maximum Gasteiger partial charge on any atom is 1.00 e. The van der Waals surface area contributed by atoms with Gasteiger partial charge in [0, 0.05) is 29.3 Å². The summed E-state index contributed by atoms with van der Waals surface area (Å²) in [5.41, 5.74) is 2.34. The average Bonchev–Trinajstić information content (AvgIpc) is 3.51. The monoisotopic (exact) mass is 646 g/mol. The third kappa shape index (κ3) is 6.39. The number of nitrogens with zero attached hydrogens (tertiary/aromatic N) is 2. The topological polar surface area (TPSA) is 183 Å². The summed E-state index contributed by atoms with van der Waals surface area (Å²) in [6.45, 7) is 0. The molecule has 0 bridgehead atoms. The zero-order valence-electron chi connectivity index (χ0n) is 24.5. The Labute approximate surface area is 305 Å². The number of amides is 4. The summed E-state index contributed by atoms with van der Waals surface area (Å²) in [6, 6.07) is 11.1. The number of carbonyl (C=O) groups is 6. The van der Waals surface area contributed by atoms with Gasteiger partial charge >= 0.3 is 59.1 Å². The van der Waals surface area contributed by atoms with Crippen LogP contribution in [0.5, 0.6) is 0 Å². The third-order valence-electron chi connectivity index (χ3n) is 7.93. The molecule has 1 saturated heterocycles. The van der Waals surface area contributed by atoms with E-state index in [0.717, 1.165) is 21.4 Å². The normalized spacial score (nSPS) is 19.2. The molecule has 45 heavy (non-hydrogen) atoms. The van der Waals surface area contributed by atoms with Gasteiger partial charge in [-0.3, -0.25) is 29.0 Å². The first-order valence-corrected chi connectivity index (χ1v) is 14.6. The van der Waals surface area contributed by atoms with E-state index in [0.29, 0.717) is 22.6 Å². The Balaban J connectivity index is 0.00000230. The van der Waals surface area contributed by atoms with Gasteiger partial charge in [-0.15, -0.1) is 11.8 Å². The number of para-hydroxylation sites is 1. The maximum atomic E-state index is 13.0.